The number of aromatic nitrogens is 1. The highest BCUT2D eigenvalue weighted by atomic mass is 16.5. The summed E-state index contributed by atoms with van der Waals surface area (Å²) < 4.78 is 5.21. The quantitative estimate of drug-likeness (QED) is 0.661. The monoisotopic (exact) mass is 372 g/mol. The van der Waals surface area contributed by atoms with Gasteiger partial charge in [-0.05, 0) is 48.4 Å². The van der Waals surface area contributed by atoms with Gasteiger partial charge in [0.15, 0.2) is 0 Å². The number of nitriles is 1. The number of benzene rings is 2. The van der Waals surface area contributed by atoms with Crippen molar-refractivity contribution in [3.8, 4) is 11.8 Å². The molecule has 6 nitrogen and oxygen atoms in total. The minimum atomic E-state index is -0.250. The van der Waals surface area contributed by atoms with Crippen molar-refractivity contribution >= 4 is 17.3 Å². The number of hydrogen-bond acceptors (Lipinski definition) is 5. The van der Waals surface area contributed by atoms with E-state index in [0.29, 0.717) is 35.6 Å². The molecule has 1 heterocycles. The highest BCUT2D eigenvalue weighted by Gasteiger charge is 2.09. The highest BCUT2D eigenvalue weighted by molar-refractivity contribution is 5.93. The predicted molar refractivity (Wildman–Crippen MR) is 108 cm³/mol. The lowest BCUT2D eigenvalue weighted by Gasteiger charge is -2.10. The number of para-hydroxylation sites is 1. The molecule has 140 valence electrons. The van der Waals surface area contributed by atoms with Gasteiger partial charge in [-0.1, -0.05) is 24.3 Å². The number of anilines is 2. The van der Waals surface area contributed by atoms with Crippen LogP contribution in [0.3, 0.4) is 0 Å². The first-order valence-electron chi connectivity index (χ1n) is 8.83. The fourth-order valence-electron chi connectivity index (χ4n) is 2.72. The van der Waals surface area contributed by atoms with E-state index in [-0.39, 0.29) is 5.91 Å². The standard InChI is InChI=1S/C22H20N4O2/c1-28-19-7-4-5-16(13-19)9-11-25-22(27)21-14-18(10-12-24-21)26-20-8-3-2-6-17(20)15-23/h2-8,10,12-14H,9,11H2,1H3,(H,24,26)(H,25,27). The molecule has 0 saturated carbocycles. The number of rotatable bonds is 7. The Morgan fingerprint density at radius 1 is 1.14 bits per heavy atom. The number of nitrogens with zero attached hydrogens (tertiary/aromatic N) is 2. The maximum absolute atomic E-state index is 12.4. The maximum Gasteiger partial charge on any atom is 0.269 e. The van der Waals surface area contributed by atoms with Crippen molar-refractivity contribution in [2.45, 2.75) is 6.42 Å². The Kier molecular flexibility index (Phi) is 6.21. The average Bonchev–Trinajstić information content (AvgIpc) is 2.74. The molecule has 0 spiro atoms. The molecule has 3 aromatic rings. The maximum atomic E-state index is 12.4. The third-order valence-corrected chi connectivity index (χ3v) is 4.15. The van der Waals surface area contributed by atoms with Crippen molar-refractivity contribution < 1.29 is 9.53 Å². The van der Waals surface area contributed by atoms with Crippen molar-refractivity contribution in [1.29, 1.82) is 5.26 Å². The first kappa shape index (κ1) is 18.9. The molecule has 0 unspecified atom stereocenters. The molecule has 0 saturated heterocycles. The number of carbonyl (C=O) groups excluding carboxylic acids is 1. The van der Waals surface area contributed by atoms with E-state index >= 15 is 0 Å². The van der Waals surface area contributed by atoms with E-state index < -0.39 is 0 Å². The van der Waals surface area contributed by atoms with Gasteiger partial charge in [-0.15, -0.1) is 0 Å². The van der Waals surface area contributed by atoms with Gasteiger partial charge in [0.1, 0.15) is 17.5 Å². The first-order chi connectivity index (χ1) is 13.7. The van der Waals surface area contributed by atoms with Crippen LogP contribution in [-0.2, 0) is 6.42 Å². The van der Waals surface area contributed by atoms with Gasteiger partial charge in [-0.2, -0.15) is 5.26 Å². The SMILES string of the molecule is COc1cccc(CCNC(=O)c2cc(Nc3ccccc3C#N)ccn2)c1. The third-order valence-electron chi connectivity index (χ3n) is 4.15. The van der Waals surface area contributed by atoms with Crippen LogP contribution in [0.2, 0.25) is 0 Å². The molecule has 0 aliphatic carbocycles. The minimum absolute atomic E-state index is 0.250. The summed E-state index contributed by atoms with van der Waals surface area (Å²) in [6, 6.07) is 20.5. The van der Waals surface area contributed by atoms with E-state index in [1.807, 2.05) is 36.4 Å². The Balaban J connectivity index is 1.61. The van der Waals surface area contributed by atoms with Crippen LogP contribution in [0.5, 0.6) is 5.75 Å². The summed E-state index contributed by atoms with van der Waals surface area (Å²) in [5, 5.41) is 15.2. The van der Waals surface area contributed by atoms with E-state index in [4.69, 9.17) is 4.74 Å². The van der Waals surface area contributed by atoms with Gasteiger partial charge in [0.2, 0.25) is 0 Å². The van der Waals surface area contributed by atoms with Gasteiger partial charge in [0.25, 0.3) is 5.91 Å². The molecule has 0 radical (unpaired) electrons. The van der Waals surface area contributed by atoms with Crippen LogP contribution in [0.25, 0.3) is 0 Å². The molecule has 2 aromatic carbocycles. The van der Waals surface area contributed by atoms with Crippen LogP contribution in [-0.4, -0.2) is 24.5 Å². The first-order valence-corrected chi connectivity index (χ1v) is 8.83. The van der Waals surface area contributed by atoms with Gasteiger partial charge in [-0.25, -0.2) is 0 Å². The lowest BCUT2D eigenvalue weighted by Crippen LogP contribution is -2.26. The number of ether oxygens (including phenoxy) is 1. The van der Waals surface area contributed by atoms with Crippen LogP contribution in [0.1, 0.15) is 21.6 Å². The van der Waals surface area contributed by atoms with Crippen molar-refractivity contribution in [3.63, 3.8) is 0 Å². The molecule has 0 bridgehead atoms. The van der Waals surface area contributed by atoms with Crippen molar-refractivity contribution in [1.82, 2.24) is 10.3 Å². The summed E-state index contributed by atoms with van der Waals surface area (Å²) in [6.07, 6.45) is 2.25. The molecule has 0 atom stereocenters. The number of amides is 1. The molecule has 1 aromatic heterocycles. The van der Waals surface area contributed by atoms with E-state index in [1.54, 1.807) is 37.6 Å². The van der Waals surface area contributed by atoms with Crippen LogP contribution >= 0.6 is 0 Å². The van der Waals surface area contributed by atoms with Crippen LogP contribution in [0, 0.1) is 11.3 Å². The van der Waals surface area contributed by atoms with Crippen LogP contribution in [0.15, 0.2) is 66.9 Å². The molecule has 0 fully saturated rings. The molecular formula is C22H20N4O2. The molecule has 3 rings (SSSR count). The topological polar surface area (TPSA) is 87.0 Å². The molecule has 0 aliphatic rings. The predicted octanol–water partition coefficient (Wildman–Crippen LogP) is 3.68. The van der Waals surface area contributed by atoms with E-state index in [9.17, 15) is 10.1 Å². The Hall–Kier alpha value is -3.85. The second-order valence-corrected chi connectivity index (χ2v) is 6.07. The lowest BCUT2D eigenvalue weighted by atomic mass is 10.1. The summed E-state index contributed by atoms with van der Waals surface area (Å²) in [5.74, 6) is 0.544. The average molecular weight is 372 g/mol. The third kappa shape index (κ3) is 4.86. The fraction of sp³-hybridized carbons (Fsp3) is 0.136. The van der Waals surface area contributed by atoms with Crippen molar-refractivity contribution in [2.24, 2.45) is 0 Å². The normalized spacial score (nSPS) is 10.0. The fourth-order valence-corrected chi connectivity index (χ4v) is 2.72. The Bertz CT molecular complexity index is 1010. The number of carbonyl (C=O) groups is 1. The van der Waals surface area contributed by atoms with Crippen LogP contribution < -0.4 is 15.4 Å². The highest BCUT2D eigenvalue weighted by Crippen LogP contribution is 2.20. The number of methoxy groups -OCH3 is 1. The van der Waals surface area contributed by atoms with E-state index in [0.717, 1.165) is 11.3 Å². The van der Waals surface area contributed by atoms with Gasteiger partial charge < -0.3 is 15.4 Å². The zero-order chi connectivity index (χ0) is 19.8. The zero-order valence-corrected chi connectivity index (χ0v) is 15.5. The smallest absolute Gasteiger partial charge is 0.269 e. The molecule has 0 aliphatic heterocycles. The summed E-state index contributed by atoms with van der Waals surface area (Å²) in [5.41, 5.74) is 3.29. The minimum Gasteiger partial charge on any atom is -0.497 e. The Morgan fingerprint density at radius 2 is 2.00 bits per heavy atom. The summed E-state index contributed by atoms with van der Waals surface area (Å²) >= 11 is 0. The Labute approximate surface area is 163 Å². The van der Waals surface area contributed by atoms with Gasteiger partial charge >= 0.3 is 0 Å². The van der Waals surface area contributed by atoms with Crippen molar-refractivity contribution in [2.75, 3.05) is 19.0 Å². The molecule has 2 N–H and O–H groups in total. The zero-order valence-electron chi connectivity index (χ0n) is 15.5. The molecular weight excluding hydrogens is 352 g/mol. The largest absolute Gasteiger partial charge is 0.497 e. The second kappa shape index (κ2) is 9.19. The number of hydrogen-bond donors (Lipinski definition) is 2. The van der Waals surface area contributed by atoms with Gasteiger partial charge in [0.05, 0.1) is 18.4 Å². The van der Waals surface area contributed by atoms with Crippen LogP contribution in [0.4, 0.5) is 11.4 Å². The molecule has 28 heavy (non-hydrogen) atoms. The Morgan fingerprint density at radius 3 is 2.82 bits per heavy atom. The molecule has 1 amide bonds. The molecule has 6 heteroatoms. The second-order valence-electron chi connectivity index (χ2n) is 6.07. The lowest BCUT2D eigenvalue weighted by molar-refractivity contribution is 0.0949. The van der Waals surface area contributed by atoms with Gasteiger partial charge in [-0.3, -0.25) is 9.78 Å². The van der Waals surface area contributed by atoms with E-state index in [2.05, 4.69) is 21.7 Å². The van der Waals surface area contributed by atoms with Gasteiger partial charge in [0, 0.05) is 18.4 Å². The summed E-state index contributed by atoms with van der Waals surface area (Å²) in [4.78, 5) is 16.5. The van der Waals surface area contributed by atoms with Crippen molar-refractivity contribution in [3.05, 3.63) is 83.7 Å². The summed E-state index contributed by atoms with van der Waals surface area (Å²) in [6.45, 7) is 0.489. The van der Waals surface area contributed by atoms with E-state index in [1.165, 1.54) is 0 Å². The summed E-state index contributed by atoms with van der Waals surface area (Å²) in [7, 11) is 1.63. The number of nitrogens with one attached hydrogen (secondary N) is 2. The number of pyridine rings is 1.